The number of hydrogen-bond acceptors (Lipinski definition) is 2. The summed E-state index contributed by atoms with van der Waals surface area (Å²) >= 11 is 0. The smallest absolute Gasteiger partial charge is 0.325 e. The van der Waals surface area contributed by atoms with Crippen LogP contribution in [0.25, 0.3) is 0 Å². The van der Waals surface area contributed by atoms with E-state index in [1.165, 1.54) is 14.0 Å². The molecule has 2 unspecified atom stereocenters. The number of carbonyl (C=O) groups excluding carboxylic acids is 1. The Hall–Kier alpha value is -1.98. The van der Waals surface area contributed by atoms with Gasteiger partial charge in [-0.1, -0.05) is 25.1 Å². The van der Waals surface area contributed by atoms with Gasteiger partial charge in [-0.05, 0) is 11.6 Å². The summed E-state index contributed by atoms with van der Waals surface area (Å²) in [5.41, 5.74) is -1.81. The summed E-state index contributed by atoms with van der Waals surface area (Å²) in [5, 5.41) is 9.22. The Balaban J connectivity index is 2.73. The normalized spacial score (nSPS) is 26.5. The van der Waals surface area contributed by atoms with Crippen LogP contribution >= 0.6 is 0 Å². The molecule has 0 aliphatic carbocycles. The molecule has 1 heterocycles. The van der Waals surface area contributed by atoms with Crippen LogP contribution in [0.5, 0.6) is 0 Å². The third-order valence-electron chi connectivity index (χ3n) is 3.80. The molecule has 2 rings (SSSR count). The number of carboxylic acid groups (broad SMARTS) is 1. The van der Waals surface area contributed by atoms with E-state index in [0.29, 0.717) is 11.3 Å². The van der Waals surface area contributed by atoms with E-state index in [2.05, 4.69) is 0 Å². The minimum atomic E-state index is -3.27. The zero-order chi connectivity index (χ0) is 14.4. The van der Waals surface area contributed by atoms with Gasteiger partial charge in [0.1, 0.15) is 0 Å². The summed E-state index contributed by atoms with van der Waals surface area (Å²) in [6.45, 7) is 1.35. The lowest BCUT2D eigenvalue weighted by Gasteiger charge is -2.42. The number of halogens is 2. The summed E-state index contributed by atoms with van der Waals surface area (Å²) in [5.74, 6) is -3.97. The highest BCUT2D eigenvalue weighted by Gasteiger charge is 2.62. The van der Waals surface area contributed by atoms with Crippen LogP contribution in [0.15, 0.2) is 24.3 Å². The molecule has 4 nitrogen and oxygen atoms in total. The number of carbonyl (C=O) groups is 2. The number of fused-ring (bicyclic) bond motifs is 1. The number of rotatable bonds is 2. The first-order valence-corrected chi connectivity index (χ1v) is 5.73. The first kappa shape index (κ1) is 13.5. The fraction of sp³-hybridized carbons (Fsp3) is 0.385. The van der Waals surface area contributed by atoms with Crippen molar-refractivity contribution in [3.05, 3.63) is 29.8 Å². The van der Waals surface area contributed by atoms with Crippen LogP contribution in [0.4, 0.5) is 14.5 Å². The average Bonchev–Trinajstić information content (AvgIpc) is 2.36. The number of benzene rings is 1. The molecule has 1 amide bonds. The third-order valence-corrected chi connectivity index (χ3v) is 3.80. The van der Waals surface area contributed by atoms with E-state index in [1.54, 1.807) is 24.3 Å². The minimum Gasteiger partial charge on any atom is -0.480 e. The van der Waals surface area contributed by atoms with Crippen LogP contribution in [-0.4, -0.2) is 30.5 Å². The molecule has 0 aromatic heterocycles. The number of hydrogen-bond donors (Lipinski definition) is 1. The van der Waals surface area contributed by atoms with Gasteiger partial charge in [0.25, 0.3) is 12.3 Å². The topological polar surface area (TPSA) is 57.6 Å². The van der Waals surface area contributed by atoms with Crippen LogP contribution in [0, 0.1) is 5.41 Å². The zero-order valence-corrected chi connectivity index (χ0v) is 10.4. The van der Waals surface area contributed by atoms with E-state index in [9.17, 15) is 23.5 Å². The van der Waals surface area contributed by atoms with Gasteiger partial charge >= 0.3 is 5.97 Å². The highest BCUT2D eigenvalue weighted by molar-refractivity contribution is 6.13. The molecule has 1 N–H and O–H groups in total. The van der Waals surface area contributed by atoms with Gasteiger partial charge in [0.15, 0.2) is 0 Å². The number of alkyl halides is 2. The summed E-state index contributed by atoms with van der Waals surface area (Å²) in [7, 11) is 1.31. The largest absolute Gasteiger partial charge is 0.480 e. The third kappa shape index (κ3) is 1.55. The molecular formula is C13H13F2NO3. The predicted molar refractivity (Wildman–Crippen MR) is 64.3 cm³/mol. The van der Waals surface area contributed by atoms with Crippen LogP contribution < -0.4 is 4.90 Å². The minimum absolute atomic E-state index is 0.437. The molecule has 6 heteroatoms. The second kappa shape index (κ2) is 4.29. The van der Waals surface area contributed by atoms with E-state index in [0.717, 1.165) is 4.90 Å². The quantitative estimate of drug-likeness (QED) is 0.836. The van der Waals surface area contributed by atoms with Crippen LogP contribution in [0.2, 0.25) is 0 Å². The van der Waals surface area contributed by atoms with Crippen LogP contribution in [-0.2, 0) is 9.59 Å². The first-order valence-electron chi connectivity index (χ1n) is 5.73. The fourth-order valence-electron chi connectivity index (χ4n) is 2.63. The van der Waals surface area contributed by atoms with E-state index >= 15 is 0 Å². The van der Waals surface area contributed by atoms with Crippen molar-refractivity contribution in [3.63, 3.8) is 0 Å². The van der Waals surface area contributed by atoms with Gasteiger partial charge in [0.2, 0.25) is 5.41 Å². The Kier molecular flexibility index (Phi) is 3.04. The molecule has 1 aliphatic rings. The summed E-state index contributed by atoms with van der Waals surface area (Å²) in [6.07, 6.45) is -3.27. The molecule has 0 spiro atoms. The number of anilines is 1. The SMILES string of the molecule is CC1c2ccccc2N(C)C(=O)C1(C(=O)O)C(F)F. The van der Waals surface area contributed by atoms with Crippen molar-refractivity contribution in [3.8, 4) is 0 Å². The van der Waals surface area contributed by atoms with Gasteiger partial charge in [0, 0.05) is 18.7 Å². The molecule has 0 fully saturated rings. The number of nitrogens with zero attached hydrogens (tertiary/aromatic N) is 1. The molecule has 0 bridgehead atoms. The van der Waals surface area contributed by atoms with Gasteiger partial charge in [-0.2, -0.15) is 0 Å². The van der Waals surface area contributed by atoms with Gasteiger partial charge in [-0.25, -0.2) is 8.78 Å². The molecule has 0 radical (unpaired) electrons. The Labute approximate surface area is 108 Å². The predicted octanol–water partition coefficient (Wildman–Crippen LogP) is 2.10. The van der Waals surface area contributed by atoms with Gasteiger partial charge in [0.05, 0.1) is 0 Å². The van der Waals surface area contributed by atoms with Crippen LogP contribution in [0.3, 0.4) is 0 Å². The highest BCUT2D eigenvalue weighted by atomic mass is 19.3. The van der Waals surface area contributed by atoms with Gasteiger partial charge in [-0.15, -0.1) is 0 Å². The number of carboxylic acids is 1. The van der Waals surface area contributed by atoms with Crippen molar-refractivity contribution in [1.82, 2.24) is 0 Å². The monoisotopic (exact) mass is 269 g/mol. The van der Waals surface area contributed by atoms with Gasteiger partial charge < -0.3 is 10.0 Å². The second-order valence-corrected chi connectivity index (χ2v) is 4.62. The maximum absolute atomic E-state index is 13.4. The maximum Gasteiger partial charge on any atom is 0.325 e. The zero-order valence-electron chi connectivity index (χ0n) is 10.4. The summed E-state index contributed by atoms with van der Waals surface area (Å²) in [6, 6.07) is 6.49. The Morgan fingerprint density at radius 3 is 2.53 bits per heavy atom. The van der Waals surface area contributed by atoms with E-state index in [4.69, 9.17) is 0 Å². The Bertz CT molecular complexity index is 546. The molecule has 2 atom stereocenters. The number of para-hydroxylation sites is 1. The molecule has 19 heavy (non-hydrogen) atoms. The van der Waals surface area contributed by atoms with Crippen LogP contribution in [0.1, 0.15) is 18.4 Å². The molecule has 0 saturated heterocycles. The van der Waals surface area contributed by atoms with E-state index in [-0.39, 0.29) is 0 Å². The Morgan fingerprint density at radius 2 is 2.00 bits per heavy atom. The molecular weight excluding hydrogens is 256 g/mol. The van der Waals surface area contributed by atoms with Crippen molar-refractivity contribution in [1.29, 1.82) is 0 Å². The Morgan fingerprint density at radius 1 is 1.42 bits per heavy atom. The average molecular weight is 269 g/mol. The second-order valence-electron chi connectivity index (χ2n) is 4.62. The number of amides is 1. The first-order chi connectivity index (χ1) is 8.85. The summed E-state index contributed by atoms with van der Waals surface area (Å²) < 4.78 is 26.7. The lowest BCUT2D eigenvalue weighted by molar-refractivity contribution is -0.168. The number of aliphatic carboxylic acids is 1. The van der Waals surface area contributed by atoms with E-state index < -0.39 is 29.6 Å². The van der Waals surface area contributed by atoms with Gasteiger partial charge in [-0.3, -0.25) is 9.59 Å². The summed E-state index contributed by atoms with van der Waals surface area (Å²) in [4.78, 5) is 24.5. The van der Waals surface area contributed by atoms with Crippen molar-refractivity contribution >= 4 is 17.6 Å². The van der Waals surface area contributed by atoms with E-state index in [1.807, 2.05) is 0 Å². The van der Waals surface area contributed by atoms with Crippen molar-refractivity contribution in [2.24, 2.45) is 5.41 Å². The van der Waals surface area contributed by atoms with Crippen molar-refractivity contribution in [2.45, 2.75) is 19.3 Å². The molecule has 1 aromatic carbocycles. The fourth-order valence-corrected chi connectivity index (χ4v) is 2.63. The maximum atomic E-state index is 13.4. The molecule has 1 aliphatic heterocycles. The molecule has 102 valence electrons. The van der Waals surface area contributed by atoms with Crippen molar-refractivity contribution in [2.75, 3.05) is 11.9 Å². The lowest BCUT2D eigenvalue weighted by Crippen LogP contribution is -2.57. The standard InChI is InChI=1S/C13H13F2NO3/c1-7-8-5-3-4-6-9(8)16(2)11(17)13(7,10(14)15)12(18)19/h3-7,10H,1-2H3,(H,18,19). The molecule has 1 aromatic rings. The lowest BCUT2D eigenvalue weighted by atomic mass is 9.69. The molecule has 0 saturated carbocycles. The highest BCUT2D eigenvalue weighted by Crippen LogP contribution is 2.49. The van der Waals surface area contributed by atoms with Crippen molar-refractivity contribution < 1.29 is 23.5 Å².